The number of hydrogen-bond acceptors (Lipinski definition) is 5. The van der Waals surface area contributed by atoms with Gasteiger partial charge in [0.15, 0.2) is 5.78 Å². The van der Waals surface area contributed by atoms with Crippen LogP contribution in [0.2, 0.25) is 0 Å². The van der Waals surface area contributed by atoms with Crippen molar-refractivity contribution in [2.75, 3.05) is 13.1 Å². The summed E-state index contributed by atoms with van der Waals surface area (Å²) in [6, 6.07) is 9.77. The number of piperidine rings is 1. The Kier molecular flexibility index (Phi) is 6.72. The van der Waals surface area contributed by atoms with Gasteiger partial charge in [-0.2, -0.15) is 5.10 Å². The number of rotatable bonds is 6. The van der Waals surface area contributed by atoms with E-state index in [1.165, 1.54) is 0 Å². The molecule has 0 aliphatic carbocycles. The lowest BCUT2D eigenvalue weighted by molar-refractivity contribution is -0.386. The summed E-state index contributed by atoms with van der Waals surface area (Å²) in [5.74, 6) is -2.50. The summed E-state index contributed by atoms with van der Waals surface area (Å²) in [4.78, 5) is 38.0. The summed E-state index contributed by atoms with van der Waals surface area (Å²) in [7, 11) is 0. The van der Waals surface area contributed by atoms with Crippen molar-refractivity contribution in [3.63, 3.8) is 0 Å². The van der Waals surface area contributed by atoms with Crippen molar-refractivity contribution in [3.8, 4) is 0 Å². The van der Waals surface area contributed by atoms with Crippen molar-refractivity contribution in [1.29, 1.82) is 0 Å². The summed E-state index contributed by atoms with van der Waals surface area (Å²) in [5.41, 5.74) is 1.87. The molecule has 1 aliphatic heterocycles. The van der Waals surface area contributed by atoms with E-state index < -0.39 is 28.3 Å². The van der Waals surface area contributed by atoms with Crippen LogP contribution in [0.1, 0.15) is 50.5 Å². The molecular formula is C25H24F2N4O4. The number of aromatic nitrogens is 2. The maximum Gasteiger partial charge on any atom is 0.312 e. The van der Waals surface area contributed by atoms with Crippen molar-refractivity contribution in [2.24, 2.45) is 5.92 Å². The standard InChI is InChI=1S/C25H24F2N4O4/c1-15-23(31(34)35)16(2)30(28-15)14-17-3-5-19(6-4-17)25(33)29-11-9-18(10-12-29)24(32)21-13-20(26)7-8-22(21)27/h3-8,13,18H,9-12,14H2,1-2H3. The van der Waals surface area contributed by atoms with E-state index in [-0.39, 0.29) is 17.2 Å². The lowest BCUT2D eigenvalue weighted by Gasteiger charge is -2.31. The van der Waals surface area contributed by atoms with Gasteiger partial charge in [0.2, 0.25) is 0 Å². The van der Waals surface area contributed by atoms with Crippen LogP contribution < -0.4 is 0 Å². The predicted octanol–water partition coefficient (Wildman–Crippen LogP) is 4.47. The van der Waals surface area contributed by atoms with Crippen LogP contribution in [0.25, 0.3) is 0 Å². The monoisotopic (exact) mass is 482 g/mol. The normalized spacial score (nSPS) is 14.2. The number of benzene rings is 2. The summed E-state index contributed by atoms with van der Waals surface area (Å²) < 4.78 is 29.0. The zero-order valence-corrected chi connectivity index (χ0v) is 19.3. The molecule has 10 heteroatoms. The number of Topliss-reactive ketones (excluding diaryl/α,β-unsaturated/α-hetero) is 1. The molecule has 35 heavy (non-hydrogen) atoms. The Hall–Kier alpha value is -3.95. The van der Waals surface area contributed by atoms with E-state index in [4.69, 9.17) is 0 Å². The molecule has 1 aliphatic rings. The molecule has 2 aromatic carbocycles. The first-order chi connectivity index (χ1) is 16.7. The lowest BCUT2D eigenvalue weighted by Crippen LogP contribution is -2.40. The van der Waals surface area contributed by atoms with Crippen LogP contribution >= 0.6 is 0 Å². The largest absolute Gasteiger partial charge is 0.339 e. The van der Waals surface area contributed by atoms with Crippen LogP contribution in [-0.2, 0) is 6.54 Å². The molecule has 4 rings (SSSR count). The molecule has 0 saturated carbocycles. The molecule has 0 bridgehead atoms. The Labute approximate surface area is 200 Å². The zero-order chi connectivity index (χ0) is 25.3. The van der Waals surface area contributed by atoms with Gasteiger partial charge >= 0.3 is 5.69 Å². The van der Waals surface area contributed by atoms with Gasteiger partial charge in [-0.05, 0) is 62.6 Å². The van der Waals surface area contributed by atoms with Gasteiger partial charge in [-0.1, -0.05) is 12.1 Å². The van der Waals surface area contributed by atoms with Crippen molar-refractivity contribution >= 4 is 17.4 Å². The van der Waals surface area contributed by atoms with E-state index in [1.54, 1.807) is 47.7 Å². The highest BCUT2D eigenvalue weighted by Gasteiger charge is 2.30. The highest BCUT2D eigenvalue weighted by Crippen LogP contribution is 2.25. The number of carbonyl (C=O) groups is 2. The Morgan fingerprint density at radius 3 is 2.34 bits per heavy atom. The summed E-state index contributed by atoms with van der Waals surface area (Å²) in [5, 5.41) is 15.4. The second kappa shape index (κ2) is 9.73. The number of aryl methyl sites for hydroxylation is 1. The second-order valence-corrected chi connectivity index (χ2v) is 8.69. The fraction of sp³-hybridized carbons (Fsp3) is 0.320. The van der Waals surface area contributed by atoms with Gasteiger partial charge in [-0.25, -0.2) is 8.78 Å². The zero-order valence-electron chi connectivity index (χ0n) is 19.3. The van der Waals surface area contributed by atoms with E-state index >= 15 is 0 Å². The highest BCUT2D eigenvalue weighted by molar-refractivity contribution is 5.98. The first kappa shape index (κ1) is 24.2. The van der Waals surface area contributed by atoms with Gasteiger partial charge in [-0.15, -0.1) is 0 Å². The van der Waals surface area contributed by atoms with Crippen molar-refractivity contribution in [3.05, 3.63) is 92.3 Å². The summed E-state index contributed by atoms with van der Waals surface area (Å²) >= 11 is 0. The third kappa shape index (κ3) is 4.96. The maximum atomic E-state index is 14.0. The molecule has 0 atom stereocenters. The molecule has 1 saturated heterocycles. The molecule has 0 N–H and O–H groups in total. The number of carbonyl (C=O) groups excluding carboxylic acids is 2. The summed E-state index contributed by atoms with van der Waals surface area (Å²) in [6.07, 6.45) is 0.741. The molecule has 0 radical (unpaired) electrons. The third-order valence-electron chi connectivity index (χ3n) is 6.41. The fourth-order valence-corrected chi connectivity index (χ4v) is 4.46. The van der Waals surface area contributed by atoms with E-state index in [0.717, 1.165) is 23.8 Å². The highest BCUT2D eigenvalue weighted by atomic mass is 19.1. The van der Waals surface area contributed by atoms with Crippen LogP contribution in [-0.4, -0.2) is 44.4 Å². The Bertz CT molecular complexity index is 1300. The molecule has 0 unspecified atom stereocenters. The van der Waals surface area contributed by atoms with Gasteiger partial charge < -0.3 is 4.90 Å². The first-order valence-electron chi connectivity index (χ1n) is 11.2. The average molecular weight is 482 g/mol. The van der Waals surface area contributed by atoms with E-state index in [2.05, 4.69) is 5.10 Å². The van der Waals surface area contributed by atoms with Crippen LogP contribution in [0.4, 0.5) is 14.5 Å². The smallest absolute Gasteiger partial charge is 0.312 e. The Balaban J connectivity index is 1.38. The van der Waals surface area contributed by atoms with Crippen LogP contribution in [0.15, 0.2) is 42.5 Å². The Morgan fingerprint density at radius 1 is 1.09 bits per heavy atom. The molecule has 3 aromatic rings. The third-order valence-corrected chi connectivity index (χ3v) is 6.41. The Morgan fingerprint density at radius 2 is 1.74 bits per heavy atom. The lowest BCUT2D eigenvalue weighted by atomic mass is 9.88. The minimum absolute atomic E-state index is 0.00109. The number of hydrogen-bond donors (Lipinski definition) is 0. The number of nitrogens with zero attached hydrogens (tertiary/aromatic N) is 4. The van der Waals surface area contributed by atoms with Crippen molar-refractivity contribution in [1.82, 2.24) is 14.7 Å². The first-order valence-corrected chi connectivity index (χ1v) is 11.2. The molecule has 1 aromatic heterocycles. The minimum atomic E-state index is -0.745. The fourth-order valence-electron chi connectivity index (χ4n) is 4.46. The van der Waals surface area contributed by atoms with E-state index in [9.17, 15) is 28.5 Å². The molecular weight excluding hydrogens is 458 g/mol. The molecule has 182 valence electrons. The van der Waals surface area contributed by atoms with Crippen LogP contribution in [0, 0.1) is 41.5 Å². The second-order valence-electron chi connectivity index (χ2n) is 8.69. The van der Waals surface area contributed by atoms with Gasteiger partial charge in [0.1, 0.15) is 23.0 Å². The van der Waals surface area contributed by atoms with E-state index in [0.29, 0.717) is 49.4 Å². The SMILES string of the molecule is Cc1nn(Cc2ccc(C(=O)N3CCC(C(=O)c4cc(F)ccc4F)CC3)cc2)c(C)c1[N+](=O)[O-]. The van der Waals surface area contributed by atoms with Gasteiger partial charge in [0.05, 0.1) is 17.0 Å². The maximum absolute atomic E-state index is 14.0. The minimum Gasteiger partial charge on any atom is -0.339 e. The molecule has 1 amide bonds. The van der Waals surface area contributed by atoms with E-state index in [1.807, 2.05) is 0 Å². The number of nitro groups is 1. The van der Waals surface area contributed by atoms with Crippen molar-refractivity contribution < 1.29 is 23.3 Å². The molecule has 2 heterocycles. The quantitative estimate of drug-likeness (QED) is 0.293. The van der Waals surface area contributed by atoms with Gasteiger partial charge in [0.25, 0.3) is 5.91 Å². The van der Waals surface area contributed by atoms with Gasteiger partial charge in [-0.3, -0.25) is 24.4 Å². The van der Waals surface area contributed by atoms with Crippen molar-refractivity contribution in [2.45, 2.75) is 33.2 Å². The molecule has 1 fully saturated rings. The number of halogens is 2. The summed E-state index contributed by atoms with van der Waals surface area (Å²) in [6.45, 7) is 4.24. The average Bonchev–Trinajstić information content (AvgIpc) is 3.13. The number of likely N-dealkylation sites (tertiary alicyclic amines) is 1. The molecule has 8 nitrogen and oxygen atoms in total. The van der Waals surface area contributed by atoms with Crippen LogP contribution in [0.5, 0.6) is 0 Å². The van der Waals surface area contributed by atoms with Crippen LogP contribution in [0.3, 0.4) is 0 Å². The number of ketones is 1. The predicted molar refractivity (Wildman–Crippen MR) is 123 cm³/mol. The topological polar surface area (TPSA) is 98.3 Å². The van der Waals surface area contributed by atoms with Gasteiger partial charge in [0, 0.05) is 24.6 Å². The number of amides is 1. The molecule has 0 spiro atoms.